The third-order valence-corrected chi connectivity index (χ3v) is 4.89. The molecule has 0 aromatic rings. The van der Waals surface area contributed by atoms with Gasteiger partial charge in [-0.05, 0) is 68.4 Å². The van der Waals surface area contributed by atoms with Crippen molar-refractivity contribution in [2.24, 2.45) is 29.6 Å². The average molecular weight is 253 g/mol. The topological polar surface area (TPSA) is 12.0 Å². The molecule has 1 N–H and O–H groups in total. The molecule has 1 rings (SSSR count). The normalized spacial score (nSPS) is 29.2. The summed E-state index contributed by atoms with van der Waals surface area (Å²) in [6.45, 7) is 14.2. The smallest absolute Gasteiger partial charge is 0.00180 e. The predicted molar refractivity (Wildman–Crippen MR) is 81.8 cm³/mol. The summed E-state index contributed by atoms with van der Waals surface area (Å²) in [7, 11) is 0. The maximum absolute atomic E-state index is 3.58. The van der Waals surface area contributed by atoms with Gasteiger partial charge < -0.3 is 5.32 Å². The van der Waals surface area contributed by atoms with E-state index >= 15 is 0 Å². The van der Waals surface area contributed by atoms with Gasteiger partial charge in [0.15, 0.2) is 0 Å². The van der Waals surface area contributed by atoms with Crippen molar-refractivity contribution in [2.75, 3.05) is 13.1 Å². The summed E-state index contributed by atoms with van der Waals surface area (Å²) in [5.74, 6) is 4.65. The molecule has 0 saturated heterocycles. The van der Waals surface area contributed by atoms with E-state index in [9.17, 15) is 0 Å². The van der Waals surface area contributed by atoms with E-state index in [1.54, 1.807) is 0 Å². The SMILES string of the molecule is CCNCC1CCC(C(C)C)CC1CCC(C)C. The van der Waals surface area contributed by atoms with Crippen LogP contribution in [0.2, 0.25) is 0 Å². The van der Waals surface area contributed by atoms with E-state index in [0.29, 0.717) is 0 Å². The highest BCUT2D eigenvalue weighted by atomic mass is 14.8. The molecule has 1 saturated carbocycles. The molecule has 0 bridgehead atoms. The van der Waals surface area contributed by atoms with Crippen molar-refractivity contribution < 1.29 is 0 Å². The molecular weight excluding hydrogens is 218 g/mol. The predicted octanol–water partition coefficient (Wildman–Crippen LogP) is 4.72. The Hall–Kier alpha value is -0.0400. The van der Waals surface area contributed by atoms with Crippen molar-refractivity contribution in [1.82, 2.24) is 5.32 Å². The molecule has 108 valence electrons. The van der Waals surface area contributed by atoms with Gasteiger partial charge >= 0.3 is 0 Å². The van der Waals surface area contributed by atoms with Gasteiger partial charge in [0, 0.05) is 0 Å². The first kappa shape index (κ1) is 16.0. The molecule has 1 nitrogen and oxygen atoms in total. The van der Waals surface area contributed by atoms with E-state index in [4.69, 9.17) is 0 Å². The van der Waals surface area contributed by atoms with Gasteiger partial charge in [0.05, 0.1) is 0 Å². The van der Waals surface area contributed by atoms with Crippen molar-refractivity contribution in [3.8, 4) is 0 Å². The van der Waals surface area contributed by atoms with Gasteiger partial charge in [-0.25, -0.2) is 0 Å². The van der Waals surface area contributed by atoms with Crippen LogP contribution < -0.4 is 5.32 Å². The molecule has 0 heterocycles. The Kier molecular flexibility index (Phi) is 7.29. The Bertz CT molecular complexity index is 210. The summed E-state index contributed by atoms with van der Waals surface area (Å²) in [6.07, 6.45) is 7.28. The maximum Gasteiger partial charge on any atom is -0.00180 e. The summed E-state index contributed by atoms with van der Waals surface area (Å²) in [4.78, 5) is 0. The van der Waals surface area contributed by atoms with E-state index in [-0.39, 0.29) is 0 Å². The summed E-state index contributed by atoms with van der Waals surface area (Å²) < 4.78 is 0. The van der Waals surface area contributed by atoms with Crippen molar-refractivity contribution in [1.29, 1.82) is 0 Å². The van der Waals surface area contributed by atoms with E-state index in [1.807, 2.05) is 0 Å². The second-order valence-electron chi connectivity index (χ2n) is 7.12. The van der Waals surface area contributed by atoms with Crippen LogP contribution in [0.5, 0.6) is 0 Å². The van der Waals surface area contributed by atoms with E-state index in [1.165, 1.54) is 38.6 Å². The van der Waals surface area contributed by atoms with Gasteiger partial charge in [0.25, 0.3) is 0 Å². The lowest BCUT2D eigenvalue weighted by atomic mass is 9.68. The molecule has 0 aromatic carbocycles. The fourth-order valence-corrected chi connectivity index (χ4v) is 3.47. The van der Waals surface area contributed by atoms with Crippen molar-refractivity contribution in [3.05, 3.63) is 0 Å². The minimum atomic E-state index is 0.865. The van der Waals surface area contributed by atoms with Gasteiger partial charge in [0.2, 0.25) is 0 Å². The molecule has 1 aliphatic carbocycles. The highest BCUT2D eigenvalue weighted by molar-refractivity contribution is 4.83. The number of rotatable bonds is 7. The molecule has 1 aliphatic rings. The largest absolute Gasteiger partial charge is 0.317 e. The average Bonchev–Trinajstić information content (AvgIpc) is 2.33. The summed E-state index contributed by atoms with van der Waals surface area (Å²) in [5.41, 5.74) is 0. The van der Waals surface area contributed by atoms with Crippen LogP contribution in [0, 0.1) is 29.6 Å². The Balaban J connectivity index is 2.49. The molecule has 1 fully saturated rings. The molecule has 18 heavy (non-hydrogen) atoms. The first-order valence-electron chi connectivity index (χ1n) is 8.25. The lowest BCUT2D eigenvalue weighted by Crippen LogP contribution is -2.34. The van der Waals surface area contributed by atoms with E-state index < -0.39 is 0 Å². The maximum atomic E-state index is 3.58. The Morgan fingerprint density at radius 2 is 1.78 bits per heavy atom. The van der Waals surface area contributed by atoms with Gasteiger partial charge in [0.1, 0.15) is 0 Å². The first-order valence-corrected chi connectivity index (χ1v) is 8.25. The van der Waals surface area contributed by atoms with Crippen molar-refractivity contribution >= 4 is 0 Å². The van der Waals surface area contributed by atoms with Crippen LogP contribution in [0.4, 0.5) is 0 Å². The third-order valence-electron chi connectivity index (χ3n) is 4.89. The van der Waals surface area contributed by atoms with Crippen molar-refractivity contribution in [2.45, 2.75) is 66.7 Å². The summed E-state index contributed by atoms with van der Waals surface area (Å²) in [6, 6.07) is 0. The lowest BCUT2D eigenvalue weighted by Gasteiger charge is -2.38. The molecular formula is C17H35N. The number of nitrogens with one attached hydrogen (secondary N) is 1. The minimum Gasteiger partial charge on any atom is -0.317 e. The van der Waals surface area contributed by atoms with Crippen LogP contribution in [-0.4, -0.2) is 13.1 Å². The van der Waals surface area contributed by atoms with Crippen LogP contribution in [0.25, 0.3) is 0 Å². The number of hydrogen-bond donors (Lipinski definition) is 1. The zero-order valence-corrected chi connectivity index (χ0v) is 13.3. The van der Waals surface area contributed by atoms with E-state index in [2.05, 4.69) is 39.9 Å². The van der Waals surface area contributed by atoms with Gasteiger partial charge in [-0.1, -0.05) is 41.0 Å². The highest BCUT2D eigenvalue weighted by Gasteiger charge is 2.31. The van der Waals surface area contributed by atoms with Gasteiger partial charge in [-0.2, -0.15) is 0 Å². The standard InChI is InChI=1S/C17H35N/c1-6-18-12-17-10-9-15(14(4)5)11-16(17)8-7-13(2)3/h13-18H,6-12H2,1-5H3. The molecule has 0 aromatic heterocycles. The first-order chi connectivity index (χ1) is 8.54. The molecule has 0 radical (unpaired) electrons. The van der Waals surface area contributed by atoms with Crippen molar-refractivity contribution in [3.63, 3.8) is 0 Å². The fourth-order valence-electron chi connectivity index (χ4n) is 3.47. The van der Waals surface area contributed by atoms with Crippen LogP contribution in [0.1, 0.15) is 66.7 Å². The highest BCUT2D eigenvalue weighted by Crippen LogP contribution is 2.39. The summed E-state index contributed by atoms with van der Waals surface area (Å²) in [5, 5.41) is 3.58. The van der Waals surface area contributed by atoms with Gasteiger partial charge in [-0.3, -0.25) is 0 Å². The van der Waals surface area contributed by atoms with E-state index in [0.717, 1.165) is 36.1 Å². The van der Waals surface area contributed by atoms with Crippen LogP contribution in [-0.2, 0) is 0 Å². The quantitative estimate of drug-likeness (QED) is 0.692. The molecule has 0 amide bonds. The summed E-state index contributed by atoms with van der Waals surface area (Å²) >= 11 is 0. The zero-order chi connectivity index (χ0) is 13.5. The minimum absolute atomic E-state index is 0.865. The number of hydrogen-bond acceptors (Lipinski definition) is 1. The lowest BCUT2D eigenvalue weighted by molar-refractivity contribution is 0.133. The Morgan fingerprint density at radius 1 is 1.06 bits per heavy atom. The van der Waals surface area contributed by atoms with Crippen LogP contribution in [0.3, 0.4) is 0 Å². The Morgan fingerprint density at radius 3 is 2.33 bits per heavy atom. The molecule has 0 spiro atoms. The molecule has 1 heteroatoms. The molecule has 0 aliphatic heterocycles. The van der Waals surface area contributed by atoms with Gasteiger partial charge in [-0.15, -0.1) is 0 Å². The Labute approximate surface area is 115 Å². The third kappa shape index (κ3) is 5.30. The zero-order valence-electron chi connectivity index (χ0n) is 13.3. The van der Waals surface area contributed by atoms with Crippen LogP contribution in [0.15, 0.2) is 0 Å². The second kappa shape index (κ2) is 8.19. The van der Waals surface area contributed by atoms with Crippen LogP contribution >= 0.6 is 0 Å². The molecule has 3 unspecified atom stereocenters. The monoisotopic (exact) mass is 253 g/mol. The molecule has 3 atom stereocenters. The second-order valence-corrected chi connectivity index (χ2v) is 7.12. The fraction of sp³-hybridized carbons (Fsp3) is 1.00.